The summed E-state index contributed by atoms with van der Waals surface area (Å²) >= 11 is 0. The van der Waals surface area contributed by atoms with E-state index in [0.29, 0.717) is 17.7 Å². The average molecular weight is 536 g/mol. The number of amides is 3. The van der Waals surface area contributed by atoms with Gasteiger partial charge in [-0.1, -0.05) is 43.9 Å². The van der Waals surface area contributed by atoms with Crippen LogP contribution in [0.1, 0.15) is 43.4 Å². The summed E-state index contributed by atoms with van der Waals surface area (Å²) in [4.78, 5) is 34.0. The molecule has 6 rings (SSSR count). The predicted molar refractivity (Wildman–Crippen MR) is 156 cm³/mol. The molecule has 8 nitrogen and oxygen atoms in total. The van der Waals surface area contributed by atoms with Crippen molar-refractivity contribution in [3.63, 3.8) is 0 Å². The van der Waals surface area contributed by atoms with E-state index in [9.17, 15) is 9.59 Å². The maximum absolute atomic E-state index is 11.9. The van der Waals surface area contributed by atoms with E-state index in [2.05, 4.69) is 64.1 Å². The number of nitrogens with one attached hydrogen (secondary N) is 2. The maximum Gasteiger partial charge on any atom is 0.322 e. The normalized spacial score (nSPS) is 21.5. The van der Waals surface area contributed by atoms with Gasteiger partial charge >= 0.3 is 6.03 Å². The van der Waals surface area contributed by atoms with Crippen LogP contribution >= 0.6 is 0 Å². The Balaban J connectivity index is 0.000000194. The van der Waals surface area contributed by atoms with Crippen LogP contribution in [-0.4, -0.2) is 39.4 Å². The number of hydrogen-bond acceptors (Lipinski definition) is 6. The highest BCUT2D eigenvalue weighted by atomic mass is 16.5. The minimum Gasteiger partial charge on any atom is -0.461 e. The first-order valence-corrected chi connectivity index (χ1v) is 13.6. The van der Waals surface area contributed by atoms with Crippen molar-refractivity contribution in [1.82, 2.24) is 25.5 Å². The van der Waals surface area contributed by atoms with Crippen LogP contribution in [0.15, 0.2) is 91.1 Å². The second-order valence-corrected chi connectivity index (χ2v) is 9.75. The highest BCUT2D eigenvalue weighted by Gasteiger charge is 2.31. The number of carbonyl (C=O) groups excluding carboxylic acids is 2. The molecule has 0 bridgehead atoms. The van der Waals surface area contributed by atoms with Crippen molar-refractivity contribution < 1.29 is 14.3 Å². The van der Waals surface area contributed by atoms with E-state index in [1.54, 1.807) is 30.7 Å². The molecule has 0 spiro atoms. The van der Waals surface area contributed by atoms with Gasteiger partial charge in [-0.05, 0) is 60.7 Å². The molecule has 1 unspecified atom stereocenters. The molecular weight excluding hydrogens is 502 g/mol. The Hall–Kier alpha value is -4.72. The fourth-order valence-corrected chi connectivity index (χ4v) is 4.92. The summed E-state index contributed by atoms with van der Waals surface area (Å²) < 4.78 is 6.08. The number of ether oxygens (including phenoxy) is 1. The summed E-state index contributed by atoms with van der Waals surface area (Å²) in [5.74, 6) is 1.09. The number of allylic oxidation sites excluding steroid dienone is 4. The highest BCUT2D eigenvalue weighted by Crippen LogP contribution is 2.32. The quantitative estimate of drug-likeness (QED) is 0.423. The second kappa shape index (κ2) is 12.0. The van der Waals surface area contributed by atoms with Gasteiger partial charge in [0.1, 0.15) is 17.6 Å². The molecule has 2 N–H and O–H groups in total. The number of benzene rings is 1. The summed E-state index contributed by atoms with van der Waals surface area (Å²) in [6.07, 6.45) is 15.1. The summed E-state index contributed by atoms with van der Waals surface area (Å²) in [5.41, 5.74) is 6.89. The van der Waals surface area contributed by atoms with Crippen LogP contribution in [0.3, 0.4) is 0 Å². The van der Waals surface area contributed by atoms with Crippen molar-refractivity contribution >= 4 is 28.5 Å². The van der Waals surface area contributed by atoms with E-state index in [1.165, 1.54) is 22.4 Å². The third kappa shape index (κ3) is 5.81. The number of urea groups is 1. The van der Waals surface area contributed by atoms with Crippen LogP contribution in [0.4, 0.5) is 4.79 Å². The molecule has 1 aromatic carbocycles. The fraction of sp³-hybridized carbons (Fsp3) is 0.250. The van der Waals surface area contributed by atoms with Crippen LogP contribution in [0.2, 0.25) is 0 Å². The van der Waals surface area contributed by atoms with Gasteiger partial charge in [-0.25, -0.2) is 4.79 Å². The molecule has 1 saturated heterocycles. The molecule has 3 amide bonds. The van der Waals surface area contributed by atoms with Crippen LogP contribution in [-0.2, 0) is 17.8 Å². The lowest BCUT2D eigenvalue weighted by atomic mass is 10.0. The molecule has 2 aromatic heterocycles. The summed E-state index contributed by atoms with van der Waals surface area (Å²) in [6, 6.07) is 9.23. The lowest BCUT2D eigenvalue weighted by molar-refractivity contribution is -0.119. The van der Waals surface area contributed by atoms with Crippen molar-refractivity contribution in [3.05, 3.63) is 108 Å². The average Bonchev–Trinajstić information content (AvgIpc) is 3.47. The first kappa shape index (κ1) is 26.9. The van der Waals surface area contributed by atoms with Gasteiger partial charge in [0.05, 0.1) is 10.9 Å². The zero-order chi connectivity index (χ0) is 28.1. The summed E-state index contributed by atoms with van der Waals surface area (Å²) in [6.45, 7) is 10.6. The molecule has 1 fully saturated rings. The Morgan fingerprint density at radius 1 is 1.12 bits per heavy atom. The zero-order valence-electron chi connectivity index (χ0n) is 22.8. The van der Waals surface area contributed by atoms with E-state index in [4.69, 9.17) is 4.74 Å². The molecule has 204 valence electrons. The van der Waals surface area contributed by atoms with Crippen molar-refractivity contribution in [1.29, 1.82) is 0 Å². The number of aryl methyl sites for hydroxylation is 1. The largest absolute Gasteiger partial charge is 0.461 e. The van der Waals surface area contributed by atoms with E-state index < -0.39 is 12.1 Å². The van der Waals surface area contributed by atoms with Crippen LogP contribution in [0.25, 0.3) is 16.6 Å². The minimum absolute atomic E-state index is 0.353. The zero-order valence-corrected chi connectivity index (χ0v) is 22.8. The monoisotopic (exact) mass is 535 g/mol. The molecule has 3 aromatic rings. The molecule has 4 heterocycles. The van der Waals surface area contributed by atoms with E-state index in [1.807, 2.05) is 24.3 Å². The number of aromatic nitrogens is 2. The van der Waals surface area contributed by atoms with Crippen molar-refractivity contribution in [2.45, 2.75) is 45.7 Å². The van der Waals surface area contributed by atoms with Gasteiger partial charge in [-0.2, -0.15) is 0 Å². The molecule has 1 aliphatic carbocycles. The van der Waals surface area contributed by atoms with E-state index >= 15 is 0 Å². The number of fused-ring (bicyclic) bond motifs is 2. The molecule has 3 aliphatic rings. The number of nitrogens with zero attached hydrogens (tertiary/aromatic N) is 3. The summed E-state index contributed by atoms with van der Waals surface area (Å²) in [5, 5.41) is 5.68. The van der Waals surface area contributed by atoms with E-state index in [0.717, 1.165) is 42.6 Å². The van der Waals surface area contributed by atoms with Crippen molar-refractivity contribution in [2.24, 2.45) is 0 Å². The fourth-order valence-electron chi connectivity index (χ4n) is 4.92. The Bertz CT molecular complexity index is 1550. The van der Waals surface area contributed by atoms with Crippen LogP contribution in [0, 0.1) is 0 Å². The van der Waals surface area contributed by atoms with Gasteiger partial charge < -0.3 is 15.0 Å². The third-order valence-corrected chi connectivity index (χ3v) is 7.20. The first-order chi connectivity index (χ1) is 19.5. The van der Waals surface area contributed by atoms with Crippen LogP contribution in [0.5, 0.6) is 5.75 Å². The molecule has 1 atom stereocenters. The Labute approximate surface area is 234 Å². The van der Waals surface area contributed by atoms with Gasteiger partial charge in [0.25, 0.3) is 5.91 Å². The molecular formula is C32H33N5O3. The SMILES string of the molecule is C=C1c2cc(CC)ccc2CN1CC.O=C1NC(=O)C(C2=C/C=C(/Oc3ccnc4ccncc34)CC/C=C\2)N1. The smallest absolute Gasteiger partial charge is 0.322 e. The number of rotatable bonds is 5. The van der Waals surface area contributed by atoms with E-state index in [-0.39, 0.29) is 5.91 Å². The van der Waals surface area contributed by atoms with Gasteiger partial charge in [0.15, 0.2) is 0 Å². The van der Waals surface area contributed by atoms with Gasteiger partial charge in [0, 0.05) is 49.4 Å². The van der Waals surface area contributed by atoms with Gasteiger partial charge in [-0.15, -0.1) is 0 Å². The lowest BCUT2D eigenvalue weighted by Gasteiger charge is -2.15. The standard InChI is InChI=1S/C19H16N4O3.C13H17N/c24-18-17(22-19(25)23-18)12-3-1-2-4-13(6-5-12)26-16-8-10-21-15-7-9-20-11-14(15)16;1-4-11-6-7-12-9-14(5-2)10(3)13(12)8-11/h1,3,5-11,17H,2,4H2,(H2,22,23,24,25);6-8H,3-5,9H2,1-2H3/b3-1-,12-5+,13-6+;. The molecule has 40 heavy (non-hydrogen) atoms. The minimum atomic E-state index is -0.680. The maximum atomic E-state index is 11.9. The predicted octanol–water partition coefficient (Wildman–Crippen LogP) is 5.43. The Kier molecular flexibility index (Phi) is 8.05. The Morgan fingerprint density at radius 3 is 2.77 bits per heavy atom. The second-order valence-electron chi connectivity index (χ2n) is 9.75. The number of carbonyl (C=O) groups is 2. The first-order valence-electron chi connectivity index (χ1n) is 13.6. The molecule has 8 heteroatoms. The van der Waals surface area contributed by atoms with Gasteiger partial charge in [0.2, 0.25) is 0 Å². The summed E-state index contributed by atoms with van der Waals surface area (Å²) in [7, 11) is 0. The molecule has 2 aliphatic heterocycles. The third-order valence-electron chi connectivity index (χ3n) is 7.20. The molecule has 0 saturated carbocycles. The topological polar surface area (TPSA) is 96.5 Å². The molecule has 0 radical (unpaired) electrons. The van der Waals surface area contributed by atoms with Crippen molar-refractivity contribution in [3.8, 4) is 5.75 Å². The number of imide groups is 1. The highest BCUT2D eigenvalue weighted by molar-refractivity contribution is 6.06. The van der Waals surface area contributed by atoms with Crippen LogP contribution < -0.4 is 15.4 Å². The number of hydrogen-bond donors (Lipinski definition) is 2. The Morgan fingerprint density at radius 2 is 2.00 bits per heavy atom. The van der Waals surface area contributed by atoms with Crippen molar-refractivity contribution in [2.75, 3.05) is 6.54 Å². The van der Waals surface area contributed by atoms with Gasteiger partial charge in [-0.3, -0.25) is 20.1 Å². The lowest BCUT2D eigenvalue weighted by Crippen LogP contribution is -2.30. The number of pyridine rings is 2.